The Morgan fingerprint density at radius 1 is 0.688 bits per heavy atom. The molecule has 0 atom stereocenters. The minimum atomic E-state index is 0.845. The largest absolute Gasteiger partial charge is 0.289 e. The molecule has 0 saturated carbocycles. The van der Waals surface area contributed by atoms with Gasteiger partial charge in [-0.15, -0.1) is 0 Å². The molecule has 2 nitrogen and oxygen atoms in total. The molecule has 1 aliphatic carbocycles. The monoisotopic (exact) mass is 210 g/mol. The highest BCUT2D eigenvalue weighted by atomic mass is 17.2. The molecule has 4 rings (SSSR count). The maximum atomic E-state index is 5.32. The fraction of sp³-hybridized carbons (Fsp3) is 0.143. The average molecular weight is 210 g/mol. The highest BCUT2D eigenvalue weighted by Gasteiger charge is 2.27. The van der Waals surface area contributed by atoms with Crippen molar-refractivity contribution in [2.24, 2.45) is 0 Å². The highest BCUT2D eigenvalue weighted by molar-refractivity contribution is 5.83. The molecule has 0 aromatic heterocycles. The second-order valence-corrected chi connectivity index (χ2v) is 4.25. The van der Waals surface area contributed by atoms with Gasteiger partial charge in [-0.05, 0) is 36.1 Å². The summed E-state index contributed by atoms with van der Waals surface area (Å²) < 4.78 is 0. The van der Waals surface area contributed by atoms with Gasteiger partial charge < -0.3 is 0 Å². The fourth-order valence-electron chi connectivity index (χ4n) is 2.64. The quantitative estimate of drug-likeness (QED) is 0.622. The molecule has 0 radical (unpaired) electrons. The number of benzene rings is 2. The van der Waals surface area contributed by atoms with Crippen LogP contribution in [-0.2, 0) is 12.8 Å². The summed E-state index contributed by atoms with van der Waals surface area (Å²) in [6.07, 6.45) is 2.17. The standard InChI is InChI=1S/C14H10O2/c1-3-9-7-8-10-4-2-6-12-14(10)13(9)11(5-1)15-16-12/h1-6H,7-8H2. The van der Waals surface area contributed by atoms with Crippen molar-refractivity contribution < 1.29 is 9.78 Å². The molecular formula is C14H10O2. The Bertz CT molecular complexity index is 489. The van der Waals surface area contributed by atoms with E-state index in [0.29, 0.717) is 0 Å². The number of aryl methyl sites for hydroxylation is 2. The van der Waals surface area contributed by atoms with Crippen LogP contribution in [0.4, 0.5) is 0 Å². The van der Waals surface area contributed by atoms with E-state index >= 15 is 0 Å². The predicted octanol–water partition coefficient (Wildman–Crippen LogP) is 3.14. The Kier molecular flexibility index (Phi) is 1.43. The molecular weight excluding hydrogens is 200 g/mol. The Morgan fingerprint density at radius 3 is 1.69 bits per heavy atom. The third-order valence-electron chi connectivity index (χ3n) is 3.36. The summed E-state index contributed by atoms with van der Waals surface area (Å²) in [6, 6.07) is 12.3. The van der Waals surface area contributed by atoms with Crippen LogP contribution in [0.3, 0.4) is 0 Å². The van der Waals surface area contributed by atoms with E-state index in [4.69, 9.17) is 9.78 Å². The van der Waals surface area contributed by atoms with Gasteiger partial charge in [-0.3, -0.25) is 9.78 Å². The van der Waals surface area contributed by atoms with Crippen molar-refractivity contribution in [2.45, 2.75) is 12.8 Å². The molecule has 0 amide bonds. The van der Waals surface area contributed by atoms with E-state index in [1.165, 1.54) is 22.3 Å². The van der Waals surface area contributed by atoms with Gasteiger partial charge in [0.1, 0.15) is 0 Å². The second-order valence-electron chi connectivity index (χ2n) is 4.25. The molecule has 0 saturated heterocycles. The highest BCUT2D eigenvalue weighted by Crippen LogP contribution is 2.47. The van der Waals surface area contributed by atoms with Crippen LogP contribution in [0, 0.1) is 0 Å². The van der Waals surface area contributed by atoms with Crippen LogP contribution in [0.2, 0.25) is 0 Å². The van der Waals surface area contributed by atoms with Crippen molar-refractivity contribution >= 4 is 0 Å². The van der Waals surface area contributed by atoms with Crippen LogP contribution >= 0.6 is 0 Å². The lowest BCUT2D eigenvalue weighted by Gasteiger charge is -2.27. The Morgan fingerprint density at radius 2 is 1.19 bits per heavy atom. The zero-order valence-electron chi connectivity index (χ0n) is 8.69. The summed E-state index contributed by atoms with van der Waals surface area (Å²) >= 11 is 0. The van der Waals surface area contributed by atoms with Gasteiger partial charge in [0.2, 0.25) is 0 Å². The molecule has 0 N–H and O–H groups in total. The van der Waals surface area contributed by atoms with Crippen LogP contribution < -0.4 is 9.78 Å². The van der Waals surface area contributed by atoms with Crippen LogP contribution in [0.5, 0.6) is 11.5 Å². The lowest BCUT2D eigenvalue weighted by atomic mass is 9.84. The molecule has 2 heteroatoms. The minimum absolute atomic E-state index is 0.845. The van der Waals surface area contributed by atoms with Gasteiger partial charge in [0.25, 0.3) is 0 Å². The first kappa shape index (κ1) is 8.22. The van der Waals surface area contributed by atoms with Crippen LogP contribution in [-0.4, -0.2) is 0 Å². The van der Waals surface area contributed by atoms with Crippen molar-refractivity contribution in [3.8, 4) is 22.6 Å². The Balaban J connectivity index is 2.15. The topological polar surface area (TPSA) is 18.5 Å². The van der Waals surface area contributed by atoms with Gasteiger partial charge in [-0.2, -0.15) is 0 Å². The smallest absolute Gasteiger partial charge is 0.186 e. The lowest BCUT2D eigenvalue weighted by Crippen LogP contribution is -2.14. The summed E-state index contributed by atoms with van der Waals surface area (Å²) in [5.41, 5.74) is 5.18. The normalized spacial score (nSPS) is 14.8. The predicted molar refractivity (Wildman–Crippen MR) is 60.5 cm³/mol. The van der Waals surface area contributed by atoms with Crippen LogP contribution in [0.15, 0.2) is 36.4 Å². The van der Waals surface area contributed by atoms with Crippen molar-refractivity contribution in [1.29, 1.82) is 0 Å². The van der Waals surface area contributed by atoms with Crippen LogP contribution in [0.1, 0.15) is 11.1 Å². The first-order valence-electron chi connectivity index (χ1n) is 5.52. The maximum absolute atomic E-state index is 5.32. The van der Waals surface area contributed by atoms with Gasteiger partial charge in [-0.1, -0.05) is 24.3 Å². The molecule has 0 spiro atoms. The molecule has 2 aromatic rings. The van der Waals surface area contributed by atoms with Gasteiger partial charge in [0, 0.05) is 11.1 Å². The molecule has 1 aliphatic heterocycles. The van der Waals surface area contributed by atoms with Crippen molar-refractivity contribution in [3.05, 3.63) is 47.5 Å². The van der Waals surface area contributed by atoms with Gasteiger partial charge >= 0.3 is 0 Å². The summed E-state index contributed by atoms with van der Waals surface area (Å²) in [5.74, 6) is 1.69. The maximum Gasteiger partial charge on any atom is 0.186 e. The zero-order valence-corrected chi connectivity index (χ0v) is 8.69. The van der Waals surface area contributed by atoms with E-state index in [2.05, 4.69) is 12.1 Å². The second kappa shape index (κ2) is 2.79. The number of rotatable bonds is 0. The molecule has 2 aromatic carbocycles. The van der Waals surface area contributed by atoms with Crippen LogP contribution in [0.25, 0.3) is 11.1 Å². The van der Waals surface area contributed by atoms with Crippen molar-refractivity contribution in [2.75, 3.05) is 0 Å². The van der Waals surface area contributed by atoms with Gasteiger partial charge in [0.15, 0.2) is 11.5 Å². The number of hydrogen-bond donors (Lipinski definition) is 0. The summed E-state index contributed by atoms with van der Waals surface area (Å²) in [5, 5.41) is 0. The molecule has 0 fully saturated rings. The zero-order chi connectivity index (χ0) is 10.5. The number of hydrogen-bond acceptors (Lipinski definition) is 2. The third kappa shape index (κ3) is 0.915. The van der Waals surface area contributed by atoms with E-state index in [9.17, 15) is 0 Å². The summed E-state index contributed by atoms with van der Waals surface area (Å²) in [7, 11) is 0. The molecule has 0 bridgehead atoms. The lowest BCUT2D eigenvalue weighted by molar-refractivity contribution is -0.103. The summed E-state index contributed by atoms with van der Waals surface area (Å²) in [4.78, 5) is 10.6. The molecule has 2 aliphatic rings. The fourth-order valence-corrected chi connectivity index (χ4v) is 2.64. The summed E-state index contributed by atoms with van der Waals surface area (Å²) in [6.45, 7) is 0. The SMILES string of the molecule is c1cc2c3c(c1)OOc1cccc(c1-3)CC2. The van der Waals surface area contributed by atoms with Crippen molar-refractivity contribution in [3.63, 3.8) is 0 Å². The van der Waals surface area contributed by atoms with E-state index in [0.717, 1.165) is 24.3 Å². The van der Waals surface area contributed by atoms with Gasteiger partial charge in [-0.25, -0.2) is 0 Å². The average Bonchev–Trinajstić information content (AvgIpc) is 2.36. The first-order chi connectivity index (χ1) is 7.93. The first-order valence-corrected chi connectivity index (χ1v) is 5.52. The third-order valence-corrected chi connectivity index (χ3v) is 3.36. The van der Waals surface area contributed by atoms with E-state index in [1.807, 2.05) is 24.3 Å². The van der Waals surface area contributed by atoms with Gasteiger partial charge in [0.05, 0.1) is 0 Å². The van der Waals surface area contributed by atoms with Crippen molar-refractivity contribution in [1.82, 2.24) is 0 Å². The molecule has 78 valence electrons. The molecule has 16 heavy (non-hydrogen) atoms. The Labute approximate surface area is 93.4 Å². The molecule has 1 heterocycles. The van der Waals surface area contributed by atoms with E-state index in [-0.39, 0.29) is 0 Å². The van der Waals surface area contributed by atoms with E-state index in [1.54, 1.807) is 0 Å². The van der Waals surface area contributed by atoms with E-state index < -0.39 is 0 Å². The Hall–Kier alpha value is -1.96. The minimum Gasteiger partial charge on any atom is -0.289 e. The molecule has 0 unspecified atom stereocenters.